The van der Waals surface area contributed by atoms with Crippen LogP contribution < -0.4 is 0 Å². The number of ether oxygens (including phenoxy) is 1. The SMILES string of the molecule is CCOC(=O)C(=O)C(F)[Si](OC)(OC)OC. The maximum atomic E-state index is 13.7. The molecule has 0 heterocycles. The lowest BCUT2D eigenvalue weighted by atomic mass is 10.4. The van der Waals surface area contributed by atoms with Crippen molar-refractivity contribution in [2.24, 2.45) is 0 Å². The molecule has 6 nitrogen and oxygen atoms in total. The largest absolute Gasteiger partial charge is 0.544 e. The molecule has 0 N–H and O–H groups in total. The topological polar surface area (TPSA) is 71.1 Å². The number of Topliss-reactive ketones (excluding diaryl/α,β-unsaturated/α-hetero) is 1. The second-order valence-corrected chi connectivity index (χ2v) is 5.60. The number of ketones is 1. The number of carbonyl (C=O) groups is 2. The minimum Gasteiger partial charge on any atom is -0.460 e. The Balaban J connectivity index is 4.80. The lowest BCUT2D eigenvalue weighted by Gasteiger charge is -2.25. The van der Waals surface area contributed by atoms with Crippen LogP contribution in [0.5, 0.6) is 0 Å². The first-order valence-corrected chi connectivity index (χ1v) is 6.29. The summed E-state index contributed by atoms with van der Waals surface area (Å²) in [5.41, 5.74) is 0. The fourth-order valence-corrected chi connectivity index (χ4v) is 2.59. The van der Waals surface area contributed by atoms with E-state index in [0.29, 0.717) is 0 Å². The fraction of sp³-hybridized carbons (Fsp3) is 0.750. The van der Waals surface area contributed by atoms with Crippen molar-refractivity contribution in [3.8, 4) is 0 Å². The van der Waals surface area contributed by atoms with Crippen molar-refractivity contribution in [3.05, 3.63) is 0 Å². The van der Waals surface area contributed by atoms with Gasteiger partial charge in [0.2, 0.25) is 5.79 Å². The van der Waals surface area contributed by atoms with Gasteiger partial charge in [0.15, 0.2) is 0 Å². The highest BCUT2D eigenvalue weighted by molar-refractivity contribution is 6.69. The van der Waals surface area contributed by atoms with E-state index in [1.54, 1.807) is 0 Å². The number of alkyl halides is 1. The van der Waals surface area contributed by atoms with Crippen molar-refractivity contribution in [3.63, 3.8) is 0 Å². The molecular weight excluding hydrogens is 239 g/mol. The number of halogens is 1. The van der Waals surface area contributed by atoms with E-state index >= 15 is 0 Å². The Morgan fingerprint density at radius 1 is 1.19 bits per heavy atom. The van der Waals surface area contributed by atoms with Crippen molar-refractivity contribution in [1.82, 2.24) is 0 Å². The zero-order valence-corrected chi connectivity index (χ0v) is 10.6. The molecule has 16 heavy (non-hydrogen) atoms. The first kappa shape index (κ1) is 15.2. The standard InChI is InChI=1S/C8H15FO6Si/c1-5-15-8(11)6(10)7(9)16(12-2,13-3)14-4/h7H,5H2,1-4H3. The molecule has 0 saturated heterocycles. The zero-order valence-electron chi connectivity index (χ0n) is 9.61. The Morgan fingerprint density at radius 3 is 1.94 bits per heavy atom. The van der Waals surface area contributed by atoms with Gasteiger partial charge in [-0.1, -0.05) is 0 Å². The summed E-state index contributed by atoms with van der Waals surface area (Å²) in [5.74, 6) is -4.91. The first-order chi connectivity index (χ1) is 7.48. The van der Waals surface area contributed by atoms with Gasteiger partial charge in [-0.3, -0.25) is 4.79 Å². The highest BCUT2D eigenvalue weighted by Crippen LogP contribution is 2.16. The molecule has 0 bridgehead atoms. The average Bonchev–Trinajstić information content (AvgIpc) is 2.31. The predicted molar refractivity (Wildman–Crippen MR) is 53.3 cm³/mol. The van der Waals surface area contributed by atoms with Gasteiger partial charge in [0.25, 0.3) is 5.78 Å². The quantitative estimate of drug-likeness (QED) is 0.358. The van der Waals surface area contributed by atoms with Crippen LogP contribution in [0.4, 0.5) is 4.39 Å². The molecule has 0 saturated carbocycles. The van der Waals surface area contributed by atoms with Gasteiger partial charge in [0, 0.05) is 21.3 Å². The molecule has 0 aromatic heterocycles. The zero-order chi connectivity index (χ0) is 12.8. The Hall–Kier alpha value is -0.833. The van der Waals surface area contributed by atoms with Gasteiger partial charge in [-0.15, -0.1) is 0 Å². The third kappa shape index (κ3) is 3.08. The minimum atomic E-state index is -3.79. The molecular formula is C8H15FO6Si. The van der Waals surface area contributed by atoms with Crippen molar-refractivity contribution in [1.29, 1.82) is 0 Å². The van der Waals surface area contributed by atoms with Crippen LogP contribution in [0.2, 0.25) is 0 Å². The van der Waals surface area contributed by atoms with Crippen LogP contribution in [0.1, 0.15) is 6.92 Å². The van der Waals surface area contributed by atoms with E-state index in [2.05, 4.69) is 4.74 Å². The Kier molecular flexibility index (Phi) is 6.34. The molecule has 0 aliphatic carbocycles. The molecule has 0 aromatic carbocycles. The fourth-order valence-electron chi connectivity index (χ4n) is 1.03. The average molecular weight is 254 g/mol. The van der Waals surface area contributed by atoms with Crippen molar-refractivity contribution in [2.45, 2.75) is 12.7 Å². The molecule has 0 aliphatic rings. The van der Waals surface area contributed by atoms with Crippen LogP contribution in [0, 0.1) is 0 Å². The lowest BCUT2D eigenvalue weighted by molar-refractivity contribution is -0.155. The van der Waals surface area contributed by atoms with Crippen LogP contribution in [0.15, 0.2) is 0 Å². The number of hydrogen-bond acceptors (Lipinski definition) is 6. The summed E-state index contributed by atoms with van der Waals surface area (Å²) in [7, 11) is -0.363. The minimum absolute atomic E-state index is 0.0151. The third-order valence-electron chi connectivity index (χ3n) is 1.87. The van der Waals surface area contributed by atoms with Crippen LogP contribution in [0.25, 0.3) is 0 Å². The summed E-state index contributed by atoms with van der Waals surface area (Å²) in [6.45, 7) is 1.49. The highest BCUT2D eigenvalue weighted by Gasteiger charge is 2.54. The second kappa shape index (κ2) is 6.69. The summed E-state index contributed by atoms with van der Waals surface area (Å²) in [4.78, 5) is 22.3. The molecule has 0 aliphatic heterocycles. The molecule has 8 heteroatoms. The number of rotatable bonds is 7. The molecule has 0 fully saturated rings. The Labute approximate surface area is 94.0 Å². The molecule has 0 spiro atoms. The summed E-state index contributed by atoms with van der Waals surface area (Å²) >= 11 is 0. The van der Waals surface area contributed by atoms with E-state index in [4.69, 9.17) is 13.3 Å². The normalized spacial score (nSPS) is 13.3. The molecule has 0 aromatic rings. The van der Waals surface area contributed by atoms with E-state index in [0.717, 1.165) is 21.3 Å². The van der Waals surface area contributed by atoms with E-state index in [1.165, 1.54) is 6.92 Å². The highest BCUT2D eigenvalue weighted by atomic mass is 28.4. The molecule has 0 radical (unpaired) electrons. The summed E-state index contributed by atoms with van der Waals surface area (Å²) < 4.78 is 32.3. The number of esters is 1. The Bertz CT molecular complexity index is 247. The van der Waals surface area contributed by atoms with Crippen molar-refractivity contribution in [2.75, 3.05) is 27.9 Å². The van der Waals surface area contributed by atoms with Crippen LogP contribution >= 0.6 is 0 Å². The summed E-state index contributed by atoms with van der Waals surface area (Å²) in [6, 6.07) is 0. The van der Waals surface area contributed by atoms with Gasteiger partial charge in [-0.25, -0.2) is 9.18 Å². The molecule has 94 valence electrons. The van der Waals surface area contributed by atoms with Crippen molar-refractivity contribution >= 4 is 20.6 Å². The van der Waals surface area contributed by atoms with Crippen LogP contribution in [0.3, 0.4) is 0 Å². The maximum absolute atomic E-state index is 13.7. The van der Waals surface area contributed by atoms with Gasteiger partial charge in [0.05, 0.1) is 6.61 Å². The molecule has 1 atom stereocenters. The summed E-state index contributed by atoms with van der Waals surface area (Å²) in [6.07, 6.45) is 0. The third-order valence-corrected chi connectivity index (χ3v) is 4.46. The van der Waals surface area contributed by atoms with E-state index < -0.39 is 26.4 Å². The van der Waals surface area contributed by atoms with Gasteiger partial charge < -0.3 is 18.0 Å². The van der Waals surface area contributed by atoms with Crippen LogP contribution in [-0.2, 0) is 27.6 Å². The van der Waals surface area contributed by atoms with E-state index in [9.17, 15) is 14.0 Å². The molecule has 1 unspecified atom stereocenters. The molecule has 0 amide bonds. The van der Waals surface area contributed by atoms with E-state index in [1.807, 2.05) is 0 Å². The second-order valence-electron chi connectivity index (χ2n) is 2.66. The van der Waals surface area contributed by atoms with Gasteiger partial charge in [-0.2, -0.15) is 0 Å². The lowest BCUT2D eigenvalue weighted by Crippen LogP contribution is -2.57. The number of carbonyl (C=O) groups excluding carboxylic acids is 2. The summed E-state index contributed by atoms with van der Waals surface area (Å²) in [5, 5.41) is 0. The van der Waals surface area contributed by atoms with Gasteiger partial charge >= 0.3 is 14.8 Å². The first-order valence-electron chi connectivity index (χ1n) is 4.49. The maximum Gasteiger partial charge on any atom is 0.544 e. The Morgan fingerprint density at radius 2 is 1.62 bits per heavy atom. The van der Waals surface area contributed by atoms with Gasteiger partial charge in [0.1, 0.15) is 0 Å². The number of hydrogen-bond donors (Lipinski definition) is 0. The van der Waals surface area contributed by atoms with Gasteiger partial charge in [-0.05, 0) is 6.92 Å². The van der Waals surface area contributed by atoms with Crippen LogP contribution in [-0.4, -0.2) is 54.3 Å². The van der Waals surface area contributed by atoms with Crippen molar-refractivity contribution < 1.29 is 32.0 Å². The predicted octanol–water partition coefficient (Wildman–Crippen LogP) is -0.126. The monoisotopic (exact) mass is 254 g/mol. The molecule has 0 rings (SSSR count). The van der Waals surface area contributed by atoms with E-state index in [-0.39, 0.29) is 6.61 Å². The smallest absolute Gasteiger partial charge is 0.460 e.